The van der Waals surface area contributed by atoms with Crippen molar-refractivity contribution >= 4 is 0 Å². The van der Waals surface area contributed by atoms with E-state index in [4.69, 9.17) is 4.74 Å². The van der Waals surface area contributed by atoms with Crippen molar-refractivity contribution in [1.82, 2.24) is 0 Å². The summed E-state index contributed by atoms with van der Waals surface area (Å²) >= 11 is 0. The fourth-order valence-corrected chi connectivity index (χ4v) is 3.64. The molecule has 1 heterocycles. The van der Waals surface area contributed by atoms with Gasteiger partial charge < -0.3 is 4.74 Å². The minimum absolute atomic E-state index is 0.139. The summed E-state index contributed by atoms with van der Waals surface area (Å²) in [6.07, 6.45) is 2.54. The molecule has 0 spiro atoms. The molecule has 164 valence electrons. The highest BCUT2D eigenvalue weighted by atomic mass is 19.2. The van der Waals surface area contributed by atoms with Gasteiger partial charge in [-0.3, -0.25) is 0 Å². The summed E-state index contributed by atoms with van der Waals surface area (Å²) in [5.41, 5.74) is 2.47. The van der Waals surface area contributed by atoms with Crippen molar-refractivity contribution in [3.05, 3.63) is 99.9 Å². The van der Waals surface area contributed by atoms with Crippen LogP contribution in [0.2, 0.25) is 0 Å². The van der Waals surface area contributed by atoms with Crippen LogP contribution in [0.15, 0.2) is 60.2 Å². The van der Waals surface area contributed by atoms with Gasteiger partial charge in [0.05, 0.1) is 0 Å². The number of fused-ring (bicyclic) bond motifs is 1. The molecule has 0 radical (unpaired) electrons. The maximum absolute atomic E-state index is 14.8. The van der Waals surface area contributed by atoms with Gasteiger partial charge in [-0.2, -0.15) is 4.39 Å². The van der Waals surface area contributed by atoms with E-state index in [-0.39, 0.29) is 41.3 Å². The van der Waals surface area contributed by atoms with Gasteiger partial charge in [-0.1, -0.05) is 45.6 Å². The van der Waals surface area contributed by atoms with E-state index in [1.165, 1.54) is 12.1 Å². The number of benzene rings is 2. The first-order valence-corrected chi connectivity index (χ1v) is 10.5. The van der Waals surface area contributed by atoms with Crippen LogP contribution in [0.3, 0.4) is 0 Å². The van der Waals surface area contributed by atoms with Crippen molar-refractivity contribution < 1.29 is 22.3 Å². The molecule has 2 aromatic carbocycles. The molecule has 1 nitrogen and oxygen atoms in total. The van der Waals surface area contributed by atoms with Crippen LogP contribution in [-0.4, -0.2) is 0 Å². The van der Waals surface area contributed by atoms with Gasteiger partial charge in [0, 0.05) is 12.0 Å². The zero-order valence-electron chi connectivity index (χ0n) is 17.9. The fraction of sp³-hybridized carbons (Fsp3) is 0.308. The molecule has 3 rings (SSSR count). The van der Waals surface area contributed by atoms with Crippen LogP contribution in [0.4, 0.5) is 17.6 Å². The Morgan fingerprint density at radius 1 is 1.00 bits per heavy atom. The number of rotatable bonds is 7. The van der Waals surface area contributed by atoms with E-state index in [1.54, 1.807) is 13.0 Å². The number of ether oxygens (including phenoxy) is 1. The molecule has 0 saturated heterocycles. The first kappa shape index (κ1) is 22.9. The van der Waals surface area contributed by atoms with Gasteiger partial charge in [-0.25, -0.2) is 13.2 Å². The molecule has 0 N–H and O–H groups in total. The SMILES string of the molecule is C=C(CC)/C(F)=C1/Oc2c(cc(CCc3ccc(CCC)c(F)c3)c(F)c2F)CC1=C. The lowest BCUT2D eigenvalue weighted by atomic mass is 9.94. The third-order valence-corrected chi connectivity index (χ3v) is 5.50. The summed E-state index contributed by atoms with van der Waals surface area (Å²) in [4.78, 5) is 0. The first-order valence-electron chi connectivity index (χ1n) is 10.5. The quantitative estimate of drug-likeness (QED) is 0.414. The lowest BCUT2D eigenvalue weighted by Gasteiger charge is -2.24. The lowest BCUT2D eigenvalue weighted by Crippen LogP contribution is -2.15. The highest BCUT2D eigenvalue weighted by molar-refractivity contribution is 5.51. The summed E-state index contributed by atoms with van der Waals surface area (Å²) in [5, 5.41) is 0. The van der Waals surface area contributed by atoms with Crippen LogP contribution in [0.1, 0.15) is 48.9 Å². The molecule has 0 saturated carbocycles. The minimum atomic E-state index is -1.16. The molecule has 0 aromatic heterocycles. The normalized spacial score (nSPS) is 14.8. The Labute approximate surface area is 180 Å². The Kier molecular flexibility index (Phi) is 7.04. The Balaban J connectivity index is 1.85. The molecular weight excluding hydrogens is 404 g/mol. The number of aryl methyl sites for hydroxylation is 3. The molecule has 0 bridgehead atoms. The zero-order chi connectivity index (χ0) is 22.7. The second kappa shape index (κ2) is 9.54. The largest absolute Gasteiger partial charge is 0.450 e. The summed E-state index contributed by atoms with van der Waals surface area (Å²) < 4.78 is 63.5. The molecule has 0 aliphatic carbocycles. The van der Waals surface area contributed by atoms with Crippen LogP contribution < -0.4 is 4.74 Å². The van der Waals surface area contributed by atoms with E-state index in [2.05, 4.69) is 13.2 Å². The van der Waals surface area contributed by atoms with Crippen LogP contribution in [0.25, 0.3) is 0 Å². The average molecular weight is 430 g/mol. The highest BCUT2D eigenvalue weighted by Gasteiger charge is 2.28. The molecule has 0 unspecified atom stereocenters. The van der Waals surface area contributed by atoms with E-state index < -0.39 is 17.5 Å². The number of hydrogen-bond acceptors (Lipinski definition) is 1. The molecule has 5 heteroatoms. The molecule has 1 aliphatic heterocycles. The van der Waals surface area contributed by atoms with Gasteiger partial charge in [-0.05, 0) is 65.7 Å². The molecule has 0 atom stereocenters. The maximum Gasteiger partial charge on any atom is 0.201 e. The summed E-state index contributed by atoms with van der Waals surface area (Å²) in [7, 11) is 0. The van der Waals surface area contributed by atoms with Crippen molar-refractivity contribution in [2.45, 2.75) is 52.4 Å². The topological polar surface area (TPSA) is 9.23 Å². The second-order valence-electron chi connectivity index (χ2n) is 7.81. The predicted octanol–water partition coefficient (Wildman–Crippen LogP) is 7.48. The van der Waals surface area contributed by atoms with E-state index in [0.717, 1.165) is 6.42 Å². The van der Waals surface area contributed by atoms with Crippen LogP contribution in [-0.2, 0) is 25.7 Å². The van der Waals surface area contributed by atoms with Crippen LogP contribution >= 0.6 is 0 Å². The summed E-state index contributed by atoms with van der Waals surface area (Å²) in [6, 6.07) is 6.52. The Morgan fingerprint density at radius 3 is 2.39 bits per heavy atom. The highest BCUT2D eigenvalue weighted by Crippen LogP contribution is 2.39. The van der Waals surface area contributed by atoms with E-state index in [0.29, 0.717) is 41.5 Å². The van der Waals surface area contributed by atoms with E-state index in [1.807, 2.05) is 13.0 Å². The minimum Gasteiger partial charge on any atom is -0.450 e. The van der Waals surface area contributed by atoms with E-state index in [9.17, 15) is 17.6 Å². The summed E-state index contributed by atoms with van der Waals surface area (Å²) in [6.45, 7) is 11.2. The maximum atomic E-state index is 14.8. The first-order chi connectivity index (χ1) is 14.8. The second-order valence-corrected chi connectivity index (χ2v) is 7.81. The van der Waals surface area contributed by atoms with Crippen molar-refractivity contribution in [2.24, 2.45) is 0 Å². The smallest absolute Gasteiger partial charge is 0.201 e. The van der Waals surface area contributed by atoms with Gasteiger partial charge in [0.25, 0.3) is 0 Å². The average Bonchev–Trinajstić information content (AvgIpc) is 2.75. The van der Waals surface area contributed by atoms with Crippen LogP contribution in [0, 0.1) is 17.5 Å². The fourth-order valence-electron chi connectivity index (χ4n) is 3.64. The molecule has 31 heavy (non-hydrogen) atoms. The van der Waals surface area contributed by atoms with Gasteiger partial charge in [-0.15, -0.1) is 0 Å². The van der Waals surface area contributed by atoms with Gasteiger partial charge in [0.15, 0.2) is 23.2 Å². The molecule has 2 aromatic rings. The lowest BCUT2D eigenvalue weighted by molar-refractivity contribution is 0.353. The van der Waals surface area contributed by atoms with Crippen molar-refractivity contribution in [3.8, 4) is 5.75 Å². The molecule has 1 aliphatic rings. The molecule has 0 amide bonds. The van der Waals surface area contributed by atoms with Gasteiger partial charge >= 0.3 is 0 Å². The molecular formula is C26H26F4O. The third kappa shape index (κ3) is 4.76. The number of hydrogen-bond donors (Lipinski definition) is 0. The molecule has 0 fully saturated rings. The van der Waals surface area contributed by atoms with Gasteiger partial charge in [0.2, 0.25) is 5.82 Å². The van der Waals surface area contributed by atoms with Gasteiger partial charge in [0.1, 0.15) is 5.82 Å². The number of halogens is 4. The Hall–Kier alpha value is -2.82. The Bertz CT molecular complexity index is 1070. The monoisotopic (exact) mass is 430 g/mol. The summed E-state index contributed by atoms with van der Waals surface area (Å²) in [5.74, 6) is -3.70. The van der Waals surface area contributed by atoms with Crippen molar-refractivity contribution in [1.29, 1.82) is 0 Å². The number of allylic oxidation sites excluding steroid dienone is 3. The third-order valence-electron chi connectivity index (χ3n) is 5.50. The zero-order valence-corrected chi connectivity index (χ0v) is 17.9. The van der Waals surface area contributed by atoms with Crippen molar-refractivity contribution in [3.63, 3.8) is 0 Å². The van der Waals surface area contributed by atoms with E-state index >= 15 is 0 Å². The van der Waals surface area contributed by atoms with Crippen molar-refractivity contribution in [2.75, 3.05) is 0 Å². The predicted molar refractivity (Wildman–Crippen MR) is 115 cm³/mol. The van der Waals surface area contributed by atoms with Crippen LogP contribution in [0.5, 0.6) is 5.75 Å². The Morgan fingerprint density at radius 2 is 1.74 bits per heavy atom. The standard InChI is InChI=1S/C26H26F4O/c1-5-7-18-10-8-17(13-21(18)27)9-11-19-14-20-12-16(4)25(22(28)15(3)6-2)31-26(20)24(30)23(19)29/h8,10,13-14H,3-7,9,11-12H2,1-2H3/b25-22-.